The predicted molar refractivity (Wildman–Crippen MR) is 59.2 cm³/mol. The monoisotopic (exact) mass is 238 g/mol. The summed E-state index contributed by atoms with van der Waals surface area (Å²) in [6.07, 6.45) is -0.325. The van der Waals surface area contributed by atoms with E-state index in [2.05, 4.69) is 5.32 Å². The molecule has 1 aliphatic rings. The molecule has 0 bridgehead atoms. The molecule has 82 valence electrons. The van der Waals surface area contributed by atoms with Gasteiger partial charge in [0, 0.05) is 0 Å². The number of thiocarbonyl (C=S) groups is 1. The number of carbonyl (C=O) groups is 2. The van der Waals surface area contributed by atoms with E-state index in [1.54, 1.807) is 6.07 Å². The fourth-order valence-electron chi connectivity index (χ4n) is 1.43. The molecule has 2 rings (SSSR count). The van der Waals surface area contributed by atoms with Crippen LogP contribution in [0.4, 0.5) is 10.1 Å². The lowest BCUT2D eigenvalue weighted by Crippen LogP contribution is -2.53. The minimum absolute atomic E-state index is 0.0532. The Kier molecular flexibility index (Phi) is 2.66. The molecule has 6 heteroatoms. The molecule has 0 saturated carbocycles. The summed E-state index contributed by atoms with van der Waals surface area (Å²) in [5, 5.41) is 2.23. The van der Waals surface area contributed by atoms with Crippen LogP contribution in [0, 0.1) is 5.82 Å². The zero-order valence-corrected chi connectivity index (χ0v) is 8.88. The summed E-state index contributed by atoms with van der Waals surface area (Å²) in [5.74, 6) is -1.56. The van der Waals surface area contributed by atoms with Crippen molar-refractivity contribution in [1.29, 1.82) is 0 Å². The van der Waals surface area contributed by atoms with Gasteiger partial charge in [-0.3, -0.25) is 14.5 Å². The molecule has 1 heterocycles. The Balaban J connectivity index is 2.41. The predicted octanol–water partition coefficient (Wildman–Crippen LogP) is 0.964. The van der Waals surface area contributed by atoms with Crippen LogP contribution in [0.3, 0.4) is 0 Å². The van der Waals surface area contributed by atoms with E-state index in [0.717, 1.165) is 4.90 Å². The van der Waals surface area contributed by atoms with Gasteiger partial charge in [-0.1, -0.05) is 12.1 Å². The van der Waals surface area contributed by atoms with Crippen molar-refractivity contribution in [2.75, 3.05) is 4.90 Å². The fourth-order valence-corrected chi connectivity index (χ4v) is 1.74. The highest BCUT2D eigenvalue weighted by Crippen LogP contribution is 2.21. The molecule has 1 saturated heterocycles. The van der Waals surface area contributed by atoms with Gasteiger partial charge in [0.2, 0.25) is 11.8 Å². The van der Waals surface area contributed by atoms with Crippen LogP contribution < -0.4 is 10.2 Å². The largest absolute Gasteiger partial charge is 0.302 e. The van der Waals surface area contributed by atoms with Crippen LogP contribution in [0.2, 0.25) is 0 Å². The van der Waals surface area contributed by atoms with E-state index in [-0.39, 0.29) is 17.2 Å². The standard InChI is InChI=1S/C10H7FN2O2S/c11-6-3-1-2-4-7(6)13-9(15)5-8(14)12-10(13)16/h1-4H,5H2,(H,12,14,16). The van der Waals surface area contributed by atoms with Gasteiger partial charge in [-0.15, -0.1) is 0 Å². The molecule has 0 aromatic heterocycles. The molecule has 2 amide bonds. The van der Waals surface area contributed by atoms with Crippen molar-refractivity contribution in [3.63, 3.8) is 0 Å². The van der Waals surface area contributed by atoms with E-state index >= 15 is 0 Å². The van der Waals surface area contributed by atoms with Crippen molar-refractivity contribution in [3.05, 3.63) is 30.1 Å². The molecule has 1 aromatic carbocycles. The van der Waals surface area contributed by atoms with Crippen molar-refractivity contribution < 1.29 is 14.0 Å². The summed E-state index contributed by atoms with van der Waals surface area (Å²) >= 11 is 4.83. The number of hydrogen-bond donors (Lipinski definition) is 1. The number of halogens is 1. The lowest BCUT2D eigenvalue weighted by atomic mass is 10.2. The van der Waals surface area contributed by atoms with Gasteiger partial charge in [-0.2, -0.15) is 0 Å². The molecule has 0 unspecified atom stereocenters. The number of amides is 2. The van der Waals surface area contributed by atoms with E-state index in [4.69, 9.17) is 12.2 Å². The van der Waals surface area contributed by atoms with Crippen LogP contribution in [0.5, 0.6) is 0 Å². The Hall–Kier alpha value is -1.82. The van der Waals surface area contributed by atoms with Gasteiger partial charge >= 0.3 is 0 Å². The van der Waals surface area contributed by atoms with E-state index in [0.29, 0.717) is 0 Å². The van der Waals surface area contributed by atoms with Crippen molar-refractivity contribution in [2.24, 2.45) is 0 Å². The highest BCUT2D eigenvalue weighted by molar-refractivity contribution is 7.80. The number of benzene rings is 1. The van der Waals surface area contributed by atoms with Crippen LogP contribution in [-0.4, -0.2) is 16.9 Å². The molecule has 1 N–H and O–H groups in total. The molecule has 16 heavy (non-hydrogen) atoms. The summed E-state index contributed by atoms with van der Waals surface area (Å²) in [6.45, 7) is 0. The zero-order chi connectivity index (χ0) is 11.7. The maximum Gasteiger partial charge on any atom is 0.242 e. The molecule has 0 radical (unpaired) electrons. The van der Waals surface area contributed by atoms with Gasteiger partial charge in [0.05, 0.1) is 5.69 Å². The molecule has 0 spiro atoms. The highest BCUT2D eigenvalue weighted by Gasteiger charge is 2.30. The number of rotatable bonds is 1. The molecule has 1 aromatic rings. The van der Waals surface area contributed by atoms with Crippen LogP contribution in [-0.2, 0) is 9.59 Å². The number of hydrogen-bond acceptors (Lipinski definition) is 3. The van der Waals surface area contributed by atoms with E-state index in [1.165, 1.54) is 18.2 Å². The molecule has 4 nitrogen and oxygen atoms in total. The first-order valence-corrected chi connectivity index (χ1v) is 4.91. The Morgan fingerprint density at radius 3 is 2.62 bits per heavy atom. The average molecular weight is 238 g/mol. The van der Waals surface area contributed by atoms with Gasteiger partial charge in [0.25, 0.3) is 0 Å². The fraction of sp³-hybridized carbons (Fsp3) is 0.100. The zero-order valence-electron chi connectivity index (χ0n) is 8.07. The molecular formula is C10H7FN2O2S. The molecule has 1 fully saturated rings. The second kappa shape index (κ2) is 3.97. The topological polar surface area (TPSA) is 49.4 Å². The SMILES string of the molecule is O=C1CC(=O)N(c2ccccc2F)C(=S)N1. The maximum atomic E-state index is 13.5. The minimum Gasteiger partial charge on any atom is -0.302 e. The first-order valence-electron chi connectivity index (χ1n) is 4.51. The van der Waals surface area contributed by atoms with Gasteiger partial charge in [-0.05, 0) is 24.4 Å². The molecule has 0 atom stereocenters. The average Bonchev–Trinajstić information content (AvgIpc) is 2.19. The number of nitrogens with zero attached hydrogens (tertiary/aromatic N) is 1. The third-order valence-corrected chi connectivity index (χ3v) is 2.39. The van der Waals surface area contributed by atoms with E-state index in [1.807, 2.05) is 0 Å². The lowest BCUT2D eigenvalue weighted by Gasteiger charge is -2.27. The van der Waals surface area contributed by atoms with Gasteiger partial charge in [-0.25, -0.2) is 4.39 Å². The Labute approximate surface area is 96.0 Å². The smallest absolute Gasteiger partial charge is 0.242 e. The van der Waals surface area contributed by atoms with Crippen molar-refractivity contribution >= 4 is 34.8 Å². The van der Waals surface area contributed by atoms with Crippen LogP contribution in [0.25, 0.3) is 0 Å². The lowest BCUT2D eigenvalue weighted by molar-refractivity contribution is -0.127. The van der Waals surface area contributed by atoms with Crippen LogP contribution >= 0.6 is 12.2 Å². The normalized spacial score (nSPS) is 16.3. The third kappa shape index (κ3) is 1.79. The van der Waals surface area contributed by atoms with Gasteiger partial charge < -0.3 is 5.32 Å². The van der Waals surface area contributed by atoms with Crippen molar-refractivity contribution in [3.8, 4) is 0 Å². The summed E-state index contributed by atoms with van der Waals surface area (Å²) in [5.41, 5.74) is 0.0532. The van der Waals surface area contributed by atoms with Gasteiger partial charge in [0.1, 0.15) is 12.2 Å². The quantitative estimate of drug-likeness (QED) is 0.585. The molecule has 1 aliphatic heterocycles. The number of nitrogens with one attached hydrogen (secondary N) is 1. The van der Waals surface area contributed by atoms with E-state index in [9.17, 15) is 14.0 Å². The summed E-state index contributed by atoms with van der Waals surface area (Å²) in [6, 6.07) is 5.75. The maximum absolute atomic E-state index is 13.5. The number of anilines is 1. The number of carbonyl (C=O) groups excluding carboxylic acids is 2. The third-order valence-electron chi connectivity index (χ3n) is 2.10. The van der Waals surface area contributed by atoms with Gasteiger partial charge in [0.15, 0.2) is 5.11 Å². The van der Waals surface area contributed by atoms with Crippen molar-refractivity contribution in [1.82, 2.24) is 5.32 Å². The van der Waals surface area contributed by atoms with E-state index < -0.39 is 17.6 Å². The highest BCUT2D eigenvalue weighted by atomic mass is 32.1. The second-order valence-electron chi connectivity index (χ2n) is 3.21. The molecular weight excluding hydrogens is 231 g/mol. The van der Waals surface area contributed by atoms with Crippen LogP contribution in [0.15, 0.2) is 24.3 Å². The van der Waals surface area contributed by atoms with Crippen molar-refractivity contribution in [2.45, 2.75) is 6.42 Å². The second-order valence-corrected chi connectivity index (χ2v) is 3.60. The Morgan fingerprint density at radius 2 is 2.00 bits per heavy atom. The van der Waals surface area contributed by atoms with Crippen LogP contribution in [0.1, 0.15) is 6.42 Å². The Bertz CT molecular complexity index is 469. The first-order chi connectivity index (χ1) is 7.59. The minimum atomic E-state index is -0.561. The summed E-state index contributed by atoms with van der Waals surface area (Å²) in [4.78, 5) is 23.6. The first kappa shape index (κ1) is 10.7. The Morgan fingerprint density at radius 1 is 1.31 bits per heavy atom. The summed E-state index contributed by atoms with van der Waals surface area (Å²) < 4.78 is 13.5. The summed E-state index contributed by atoms with van der Waals surface area (Å²) in [7, 11) is 0. The molecule has 0 aliphatic carbocycles. The number of para-hydroxylation sites is 1.